The van der Waals surface area contributed by atoms with Crippen molar-refractivity contribution in [2.75, 3.05) is 6.61 Å². The van der Waals surface area contributed by atoms with Gasteiger partial charge < -0.3 is 4.74 Å². The van der Waals surface area contributed by atoms with Crippen LogP contribution in [-0.4, -0.2) is 18.8 Å². The highest BCUT2D eigenvalue weighted by molar-refractivity contribution is 6.30. The van der Waals surface area contributed by atoms with E-state index in [2.05, 4.69) is 5.43 Å². The number of hydrogen-bond acceptors (Lipinski definition) is 3. The van der Waals surface area contributed by atoms with Crippen molar-refractivity contribution < 1.29 is 9.13 Å². The van der Waals surface area contributed by atoms with Gasteiger partial charge in [0.05, 0.1) is 12.1 Å². The molecule has 0 heterocycles. The molecular weight excluding hydrogens is 255 g/mol. The molecule has 2 atom stereocenters. The van der Waals surface area contributed by atoms with E-state index < -0.39 is 0 Å². The van der Waals surface area contributed by atoms with Gasteiger partial charge in [-0.05, 0) is 37.5 Å². The molecule has 0 saturated carbocycles. The zero-order valence-electron chi connectivity index (χ0n) is 10.7. The van der Waals surface area contributed by atoms with Crippen LogP contribution in [0.4, 0.5) is 4.39 Å². The summed E-state index contributed by atoms with van der Waals surface area (Å²) < 4.78 is 19.3. The third kappa shape index (κ3) is 4.21. The van der Waals surface area contributed by atoms with Gasteiger partial charge in [-0.15, -0.1) is 0 Å². The molecule has 0 aliphatic rings. The summed E-state index contributed by atoms with van der Waals surface area (Å²) >= 11 is 5.72. The second-order valence-electron chi connectivity index (χ2n) is 4.12. The summed E-state index contributed by atoms with van der Waals surface area (Å²) in [6.45, 7) is 4.56. The summed E-state index contributed by atoms with van der Waals surface area (Å²) in [5.41, 5.74) is 3.29. The number of halogens is 2. The fourth-order valence-corrected chi connectivity index (χ4v) is 2.11. The minimum absolute atomic E-state index is 0.0323. The van der Waals surface area contributed by atoms with Crippen molar-refractivity contribution in [2.24, 2.45) is 5.84 Å². The molecule has 0 radical (unpaired) electrons. The minimum Gasteiger partial charge on any atom is -0.377 e. The first kappa shape index (κ1) is 15.4. The van der Waals surface area contributed by atoms with E-state index in [1.807, 2.05) is 13.8 Å². The van der Waals surface area contributed by atoms with Crippen LogP contribution in [0.5, 0.6) is 0 Å². The van der Waals surface area contributed by atoms with Gasteiger partial charge in [0, 0.05) is 11.6 Å². The lowest BCUT2D eigenvalue weighted by atomic mass is 10.00. The Balaban J connectivity index is 2.78. The molecule has 1 aromatic carbocycles. The smallest absolute Gasteiger partial charge is 0.127 e. The van der Waals surface area contributed by atoms with Gasteiger partial charge in [0.1, 0.15) is 5.82 Å². The van der Waals surface area contributed by atoms with E-state index in [4.69, 9.17) is 22.2 Å². The Morgan fingerprint density at radius 1 is 1.44 bits per heavy atom. The molecular formula is C13H20ClFN2O. The van der Waals surface area contributed by atoms with Gasteiger partial charge in [-0.2, -0.15) is 0 Å². The van der Waals surface area contributed by atoms with Gasteiger partial charge in [-0.1, -0.05) is 24.6 Å². The molecule has 5 heteroatoms. The second-order valence-corrected chi connectivity index (χ2v) is 4.55. The molecule has 102 valence electrons. The molecule has 2 unspecified atom stereocenters. The maximum Gasteiger partial charge on any atom is 0.127 e. The molecule has 0 fully saturated rings. The van der Waals surface area contributed by atoms with Gasteiger partial charge in [0.15, 0.2) is 0 Å². The topological polar surface area (TPSA) is 47.3 Å². The summed E-state index contributed by atoms with van der Waals surface area (Å²) in [5, 5.41) is 0.394. The number of rotatable bonds is 7. The highest BCUT2D eigenvalue weighted by Gasteiger charge is 2.20. The fraction of sp³-hybridized carbons (Fsp3) is 0.538. The molecule has 0 aliphatic carbocycles. The average Bonchev–Trinajstić information content (AvgIpc) is 2.36. The van der Waals surface area contributed by atoms with Gasteiger partial charge in [-0.3, -0.25) is 11.3 Å². The van der Waals surface area contributed by atoms with E-state index >= 15 is 0 Å². The molecule has 3 nitrogen and oxygen atoms in total. The first-order valence-electron chi connectivity index (χ1n) is 6.14. The second kappa shape index (κ2) is 7.69. The number of benzene rings is 1. The van der Waals surface area contributed by atoms with E-state index in [0.717, 1.165) is 6.42 Å². The lowest BCUT2D eigenvalue weighted by molar-refractivity contribution is 0.0317. The van der Waals surface area contributed by atoms with Crippen molar-refractivity contribution in [3.63, 3.8) is 0 Å². The van der Waals surface area contributed by atoms with Gasteiger partial charge in [0.2, 0.25) is 0 Å². The van der Waals surface area contributed by atoms with Crippen molar-refractivity contribution in [1.82, 2.24) is 5.43 Å². The van der Waals surface area contributed by atoms with Crippen LogP contribution in [0.1, 0.15) is 25.8 Å². The normalized spacial score (nSPS) is 14.5. The molecule has 0 spiro atoms. The zero-order valence-corrected chi connectivity index (χ0v) is 11.5. The third-order valence-corrected chi connectivity index (χ3v) is 3.14. The van der Waals surface area contributed by atoms with Crippen LogP contribution in [-0.2, 0) is 11.2 Å². The largest absolute Gasteiger partial charge is 0.377 e. The van der Waals surface area contributed by atoms with E-state index in [1.54, 1.807) is 12.1 Å². The Labute approximate surface area is 112 Å². The van der Waals surface area contributed by atoms with Crippen LogP contribution < -0.4 is 11.3 Å². The van der Waals surface area contributed by atoms with Crippen LogP contribution in [0.15, 0.2) is 18.2 Å². The predicted molar refractivity (Wildman–Crippen MR) is 71.9 cm³/mol. The van der Waals surface area contributed by atoms with Gasteiger partial charge in [0.25, 0.3) is 0 Å². The molecule has 0 saturated heterocycles. The Kier molecular flexibility index (Phi) is 6.57. The lowest BCUT2D eigenvalue weighted by Crippen LogP contribution is -2.46. The minimum atomic E-state index is -0.311. The van der Waals surface area contributed by atoms with E-state index in [0.29, 0.717) is 23.6 Å². The molecule has 0 bridgehead atoms. The Bertz CT molecular complexity index is 376. The highest BCUT2D eigenvalue weighted by Crippen LogP contribution is 2.18. The van der Waals surface area contributed by atoms with Crippen LogP contribution in [0.2, 0.25) is 5.02 Å². The summed E-state index contributed by atoms with van der Waals surface area (Å²) in [4.78, 5) is 0. The van der Waals surface area contributed by atoms with E-state index in [9.17, 15) is 4.39 Å². The number of nitrogens with one attached hydrogen (secondary N) is 1. The number of hydrogen-bond donors (Lipinski definition) is 2. The first-order chi connectivity index (χ1) is 8.62. The standard InChI is InChI=1S/C13H20ClFN2O/c1-3-13(18-4-2)12(17-16)7-9-5-6-10(14)8-11(9)15/h5-6,8,12-13,17H,3-4,7,16H2,1-2H3. The molecule has 18 heavy (non-hydrogen) atoms. The van der Waals surface area contributed by atoms with Crippen molar-refractivity contribution in [3.8, 4) is 0 Å². The summed E-state index contributed by atoms with van der Waals surface area (Å²) in [7, 11) is 0. The number of nitrogens with two attached hydrogens (primary N) is 1. The SMILES string of the molecule is CCOC(CC)C(Cc1ccc(Cl)cc1F)NN. The lowest BCUT2D eigenvalue weighted by Gasteiger charge is -2.25. The predicted octanol–water partition coefficient (Wildman–Crippen LogP) is 2.67. The maximum absolute atomic E-state index is 13.7. The maximum atomic E-state index is 13.7. The van der Waals surface area contributed by atoms with Crippen molar-refractivity contribution in [3.05, 3.63) is 34.6 Å². The number of hydrazine groups is 1. The Morgan fingerprint density at radius 2 is 2.17 bits per heavy atom. The first-order valence-corrected chi connectivity index (χ1v) is 6.51. The molecule has 0 amide bonds. The Hall–Kier alpha value is -0.680. The van der Waals surface area contributed by atoms with Crippen LogP contribution in [0.3, 0.4) is 0 Å². The molecule has 1 rings (SSSR count). The van der Waals surface area contributed by atoms with Crippen molar-refractivity contribution >= 4 is 11.6 Å². The third-order valence-electron chi connectivity index (χ3n) is 2.90. The summed E-state index contributed by atoms with van der Waals surface area (Å²) in [5.74, 6) is 5.22. The molecule has 0 aliphatic heterocycles. The van der Waals surface area contributed by atoms with Crippen molar-refractivity contribution in [2.45, 2.75) is 38.8 Å². The zero-order chi connectivity index (χ0) is 13.5. The quantitative estimate of drug-likeness (QED) is 0.594. The molecule has 1 aromatic rings. The summed E-state index contributed by atoms with van der Waals surface area (Å²) in [6.07, 6.45) is 1.26. The highest BCUT2D eigenvalue weighted by atomic mass is 35.5. The van der Waals surface area contributed by atoms with Crippen LogP contribution in [0.25, 0.3) is 0 Å². The average molecular weight is 275 g/mol. The van der Waals surface area contributed by atoms with Crippen molar-refractivity contribution in [1.29, 1.82) is 0 Å². The van der Waals surface area contributed by atoms with Gasteiger partial charge >= 0.3 is 0 Å². The Morgan fingerprint density at radius 3 is 2.67 bits per heavy atom. The van der Waals surface area contributed by atoms with Gasteiger partial charge in [-0.25, -0.2) is 4.39 Å². The van der Waals surface area contributed by atoms with Crippen LogP contribution >= 0.6 is 11.6 Å². The molecule has 3 N–H and O–H groups in total. The molecule has 0 aromatic heterocycles. The summed E-state index contributed by atoms with van der Waals surface area (Å²) in [6, 6.07) is 4.55. The fourth-order valence-electron chi connectivity index (χ4n) is 1.95. The monoisotopic (exact) mass is 274 g/mol. The number of ether oxygens (including phenoxy) is 1. The van der Waals surface area contributed by atoms with Crippen LogP contribution in [0, 0.1) is 5.82 Å². The van der Waals surface area contributed by atoms with E-state index in [-0.39, 0.29) is 18.0 Å². The van der Waals surface area contributed by atoms with E-state index in [1.165, 1.54) is 6.07 Å².